The lowest BCUT2D eigenvalue weighted by Crippen LogP contribution is -2.34. The summed E-state index contributed by atoms with van der Waals surface area (Å²) in [5.74, 6) is -1.09. The second-order valence-corrected chi connectivity index (χ2v) is 4.82. The molecule has 2 amide bonds. The Morgan fingerprint density at radius 3 is 3.00 bits per heavy atom. The van der Waals surface area contributed by atoms with Crippen molar-refractivity contribution in [1.82, 2.24) is 5.32 Å². The maximum absolute atomic E-state index is 13.2. The van der Waals surface area contributed by atoms with Gasteiger partial charge >= 0.3 is 0 Å². The highest BCUT2D eigenvalue weighted by Gasteiger charge is 2.34. The Balaban J connectivity index is 1.98. The van der Waals surface area contributed by atoms with Crippen LogP contribution < -0.4 is 16.0 Å². The van der Waals surface area contributed by atoms with Crippen LogP contribution in [0, 0.1) is 11.7 Å². The molecule has 6 heteroatoms. The zero-order chi connectivity index (χ0) is 14.5. The number of amides is 2. The second kappa shape index (κ2) is 6.47. The minimum atomic E-state index is -0.397. The molecule has 1 unspecified atom stereocenters. The van der Waals surface area contributed by atoms with Crippen LogP contribution in [0.1, 0.15) is 12.8 Å². The minimum absolute atomic E-state index is 0.147. The van der Waals surface area contributed by atoms with Crippen molar-refractivity contribution >= 4 is 17.5 Å². The van der Waals surface area contributed by atoms with E-state index in [1.807, 2.05) is 0 Å². The summed E-state index contributed by atoms with van der Waals surface area (Å²) in [7, 11) is 0. The number of nitrogens with two attached hydrogens (primary N) is 1. The van der Waals surface area contributed by atoms with Gasteiger partial charge in [0.05, 0.1) is 5.92 Å². The predicted octanol–water partition coefficient (Wildman–Crippen LogP) is 0.644. The quantitative estimate of drug-likeness (QED) is 0.777. The van der Waals surface area contributed by atoms with Gasteiger partial charge in [0.15, 0.2) is 0 Å². The fraction of sp³-hybridized carbons (Fsp3) is 0.429. The molecule has 1 fully saturated rings. The van der Waals surface area contributed by atoms with E-state index in [-0.39, 0.29) is 30.7 Å². The van der Waals surface area contributed by atoms with Crippen molar-refractivity contribution in [2.45, 2.75) is 12.8 Å². The molecule has 1 saturated heterocycles. The van der Waals surface area contributed by atoms with Gasteiger partial charge in [0.1, 0.15) is 5.82 Å². The normalized spacial score (nSPS) is 18.4. The second-order valence-electron chi connectivity index (χ2n) is 4.82. The Bertz CT molecular complexity index is 507. The maximum Gasteiger partial charge on any atom is 0.227 e. The Hall–Kier alpha value is -1.95. The first-order chi connectivity index (χ1) is 9.61. The molecular weight excluding hydrogens is 261 g/mol. The van der Waals surface area contributed by atoms with Gasteiger partial charge in [-0.15, -0.1) is 0 Å². The molecule has 5 nitrogen and oxygen atoms in total. The van der Waals surface area contributed by atoms with Gasteiger partial charge in [0.25, 0.3) is 0 Å². The van der Waals surface area contributed by atoms with Crippen molar-refractivity contribution in [1.29, 1.82) is 0 Å². The Morgan fingerprint density at radius 1 is 1.50 bits per heavy atom. The smallest absolute Gasteiger partial charge is 0.227 e. The van der Waals surface area contributed by atoms with E-state index in [2.05, 4.69) is 5.32 Å². The zero-order valence-corrected chi connectivity index (χ0v) is 11.1. The third kappa shape index (κ3) is 3.33. The SMILES string of the molecule is NCCCNC(=O)C1CC(=O)N(c2cccc(F)c2)C1. The highest BCUT2D eigenvalue weighted by molar-refractivity contribution is 6.00. The molecule has 1 aliphatic rings. The molecule has 0 spiro atoms. The van der Waals surface area contributed by atoms with E-state index in [1.54, 1.807) is 12.1 Å². The maximum atomic E-state index is 13.2. The van der Waals surface area contributed by atoms with Crippen molar-refractivity contribution < 1.29 is 14.0 Å². The van der Waals surface area contributed by atoms with E-state index in [9.17, 15) is 14.0 Å². The molecule has 3 N–H and O–H groups in total. The Labute approximate surface area is 116 Å². The first-order valence-electron chi connectivity index (χ1n) is 6.65. The van der Waals surface area contributed by atoms with Gasteiger partial charge in [-0.1, -0.05) is 6.07 Å². The van der Waals surface area contributed by atoms with Crippen LogP contribution >= 0.6 is 0 Å². The van der Waals surface area contributed by atoms with Gasteiger partial charge in [-0.3, -0.25) is 9.59 Å². The van der Waals surface area contributed by atoms with Crippen molar-refractivity contribution in [3.8, 4) is 0 Å². The summed E-state index contributed by atoms with van der Waals surface area (Å²) in [5, 5.41) is 2.76. The number of nitrogens with one attached hydrogen (secondary N) is 1. The number of anilines is 1. The van der Waals surface area contributed by atoms with Crippen LogP contribution in [-0.2, 0) is 9.59 Å². The van der Waals surface area contributed by atoms with Crippen molar-refractivity contribution in [2.24, 2.45) is 11.7 Å². The molecule has 0 aromatic heterocycles. The first kappa shape index (κ1) is 14.5. The van der Waals surface area contributed by atoms with Gasteiger partial charge in [-0.05, 0) is 31.2 Å². The summed E-state index contributed by atoms with van der Waals surface area (Å²) in [6.45, 7) is 1.32. The van der Waals surface area contributed by atoms with Gasteiger partial charge in [-0.25, -0.2) is 4.39 Å². The van der Waals surface area contributed by atoms with E-state index < -0.39 is 5.82 Å². The van der Waals surface area contributed by atoms with E-state index in [0.717, 1.165) is 0 Å². The molecule has 2 rings (SSSR count). The van der Waals surface area contributed by atoms with Gasteiger partial charge in [0.2, 0.25) is 11.8 Å². The molecule has 1 aromatic carbocycles. The fourth-order valence-electron chi connectivity index (χ4n) is 2.23. The lowest BCUT2D eigenvalue weighted by Gasteiger charge is -2.16. The lowest BCUT2D eigenvalue weighted by molar-refractivity contribution is -0.126. The van der Waals surface area contributed by atoms with Crippen molar-refractivity contribution in [3.05, 3.63) is 30.1 Å². The largest absolute Gasteiger partial charge is 0.356 e. The number of carbonyl (C=O) groups excluding carboxylic acids is 2. The van der Waals surface area contributed by atoms with Crippen molar-refractivity contribution in [3.63, 3.8) is 0 Å². The summed E-state index contributed by atoms with van der Waals surface area (Å²) in [5.41, 5.74) is 5.85. The molecule has 0 saturated carbocycles. The summed E-state index contributed by atoms with van der Waals surface area (Å²) in [6, 6.07) is 5.83. The van der Waals surface area contributed by atoms with E-state index in [0.29, 0.717) is 25.2 Å². The molecule has 108 valence electrons. The van der Waals surface area contributed by atoms with Crippen molar-refractivity contribution in [2.75, 3.05) is 24.5 Å². The van der Waals surface area contributed by atoms with E-state index >= 15 is 0 Å². The van der Waals surface area contributed by atoms with Crippen LogP contribution in [0.25, 0.3) is 0 Å². The summed E-state index contributed by atoms with van der Waals surface area (Å²) < 4.78 is 13.2. The topological polar surface area (TPSA) is 75.4 Å². The number of hydrogen-bond donors (Lipinski definition) is 2. The number of rotatable bonds is 5. The molecule has 0 aliphatic carbocycles. The predicted molar refractivity (Wildman–Crippen MR) is 73.5 cm³/mol. The monoisotopic (exact) mass is 279 g/mol. The molecular formula is C14H18FN3O2. The number of halogens is 1. The average Bonchev–Trinajstić information content (AvgIpc) is 2.81. The van der Waals surface area contributed by atoms with Crippen LogP contribution in [-0.4, -0.2) is 31.4 Å². The van der Waals surface area contributed by atoms with Crippen LogP contribution in [0.2, 0.25) is 0 Å². The summed E-state index contributed by atoms with van der Waals surface area (Å²) in [6.07, 6.45) is 0.866. The summed E-state index contributed by atoms with van der Waals surface area (Å²) >= 11 is 0. The third-order valence-electron chi connectivity index (χ3n) is 3.30. The number of carbonyl (C=O) groups is 2. The standard InChI is InChI=1S/C14H18FN3O2/c15-11-3-1-4-12(8-11)18-9-10(7-13(18)19)14(20)17-6-2-5-16/h1,3-4,8,10H,2,5-7,9,16H2,(H,17,20). The molecule has 0 radical (unpaired) electrons. The van der Waals surface area contributed by atoms with E-state index in [1.165, 1.54) is 17.0 Å². The third-order valence-corrected chi connectivity index (χ3v) is 3.30. The molecule has 20 heavy (non-hydrogen) atoms. The van der Waals surface area contributed by atoms with Crippen LogP contribution in [0.5, 0.6) is 0 Å². The van der Waals surface area contributed by atoms with Crippen LogP contribution in [0.15, 0.2) is 24.3 Å². The zero-order valence-electron chi connectivity index (χ0n) is 11.1. The van der Waals surface area contributed by atoms with Crippen LogP contribution in [0.4, 0.5) is 10.1 Å². The fourth-order valence-corrected chi connectivity index (χ4v) is 2.23. The van der Waals surface area contributed by atoms with Gasteiger partial charge in [0, 0.05) is 25.2 Å². The summed E-state index contributed by atoms with van der Waals surface area (Å²) in [4.78, 5) is 25.3. The van der Waals surface area contributed by atoms with E-state index in [4.69, 9.17) is 5.73 Å². The van der Waals surface area contributed by atoms with Gasteiger partial charge in [-0.2, -0.15) is 0 Å². The molecule has 1 aromatic rings. The van der Waals surface area contributed by atoms with Gasteiger partial charge < -0.3 is 16.0 Å². The average molecular weight is 279 g/mol. The molecule has 1 aliphatic heterocycles. The minimum Gasteiger partial charge on any atom is -0.356 e. The first-order valence-corrected chi connectivity index (χ1v) is 6.65. The van der Waals surface area contributed by atoms with Crippen LogP contribution in [0.3, 0.4) is 0 Å². The Morgan fingerprint density at radius 2 is 2.30 bits per heavy atom. The molecule has 0 bridgehead atoms. The molecule has 1 atom stereocenters. The number of nitrogens with zero attached hydrogens (tertiary/aromatic N) is 1. The number of benzene rings is 1. The molecule has 1 heterocycles. The Kier molecular flexibility index (Phi) is 4.68. The number of hydrogen-bond acceptors (Lipinski definition) is 3. The highest BCUT2D eigenvalue weighted by atomic mass is 19.1. The lowest BCUT2D eigenvalue weighted by atomic mass is 10.1. The highest BCUT2D eigenvalue weighted by Crippen LogP contribution is 2.25.